The average Bonchev–Trinajstić information content (AvgIpc) is 3.21. The van der Waals surface area contributed by atoms with Crippen LogP contribution in [-0.4, -0.2) is 66.7 Å². The summed E-state index contributed by atoms with van der Waals surface area (Å²) >= 11 is 6.78. The molecule has 146 valence electrons. The third-order valence-electron chi connectivity index (χ3n) is 4.40. The Balaban J connectivity index is 1.50. The normalized spacial score (nSPS) is 20.6. The minimum absolute atomic E-state index is 0.0108. The number of hydrogen-bond acceptors (Lipinski definition) is 6. The summed E-state index contributed by atoms with van der Waals surface area (Å²) in [6, 6.07) is 5.56. The minimum atomic E-state index is -3.75. The Hall–Kier alpha value is -1.62. The van der Waals surface area contributed by atoms with E-state index in [0.717, 1.165) is 11.8 Å². The Bertz CT molecular complexity index is 861. The molecule has 8 nitrogen and oxygen atoms in total. The SMILES string of the molecule is O=C(CCNS(=O)(=O)c1cccc(Cl)c1)N1CCC(N2C(=O)CSC2=O)C1. The molecular formula is C16H18ClN3O5S2. The summed E-state index contributed by atoms with van der Waals surface area (Å²) < 4.78 is 26.8. The first-order chi connectivity index (χ1) is 12.8. The lowest BCUT2D eigenvalue weighted by molar-refractivity contribution is -0.131. The van der Waals surface area contributed by atoms with Crippen LogP contribution in [0.25, 0.3) is 0 Å². The highest BCUT2D eigenvalue weighted by Crippen LogP contribution is 2.26. The van der Waals surface area contributed by atoms with Crippen molar-refractivity contribution in [3.63, 3.8) is 0 Å². The summed E-state index contributed by atoms with van der Waals surface area (Å²) in [5, 5.41) is 0.0369. The van der Waals surface area contributed by atoms with E-state index >= 15 is 0 Å². The molecule has 2 aliphatic heterocycles. The predicted octanol–water partition coefficient (Wildman–Crippen LogP) is 1.30. The zero-order chi connectivity index (χ0) is 19.6. The largest absolute Gasteiger partial charge is 0.340 e. The molecule has 1 aromatic rings. The van der Waals surface area contributed by atoms with Crippen molar-refractivity contribution in [3.8, 4) is 0 Å². The number of amides is 3. The maximum absolute atomic E-state index is 12.3. The van der Waals surface area contributed by atoms with Gasteiger partial charge in [-0.3, -0.25) is 19.3 Å². The molecule has 3 amide bonds. The Morgan fingerprint density at radius 3 is 2.78 bits per heavy atom. The summed E-state index contributed by atoms with van der Waals surface area (Å²) in [7, 11) is -3.75. The Kier molecular flexibility index (Phi) is 6.09. The van der Waals surface area contributed by atoms with E-state index in [0.29, 0.717) is 18.0 Å². The number of rotatable bonds is 6. The number of nitrogens with zero attached hydrogens (tertiary/aromatic N) is 2. The molecule has 0 aromatic heterocycles. The Labute approximate surface area is 166 Å². The number of carbonyl (C=O) groups excluding carboxylic acids is 3. The lowest BCUT2D eigenvalue weighted by atomic mass is 10.2. The first-order valence-corrected chi connectivity index (χ1v) is 11.1. The summed E-state index contributed by atoms with van der Waals surface area (Å²) in [6.45, 7) is 0.677. The smallest absolute Gasteiger partial charge is 0.289 e. The van der Waals surface area contributed by atoms with Gasteiger partial charge < -0.3 is 4.90 Å². The van der Waals surface area contributed by atoms with E-state index in [4.69, 9.17) is 11.6 Å². The van der Waals surface area contributed by atoms with Crippen molar-refractivity contribution in [2.24, 2.45) is 0 Å². The number of hydrogen-bond donors (Lipinski definition) is 1. The van der Waals surface area contributed by atoms with Crippen LogP contribution in [0.5, 0.6) is 0 Å². The fourth-order valence-corrected chi connectivity index (χ4v) is 5.17. The summed E-state index contributed by atoms with van der Waals surface area (Å²) in [4.78, 5) is 38.7. The van der Waals surface area contributed by atoms with Gasteiger partial charge in [0.2, 0.25) is 21.8 Å². The Morgan fingerprint density at radius 1 is 1.33 bits per heavy atom. The Morgan fingerprint density at radius 2 is 2.11 bits per heavy atom. The predicted molar refractivity (Wildman–Crippen MR) is 101 cm³/mol. The molecule has 0 saturated carbocycles. The number of nitrogens with one attached hydrogen (secondary N) is 1. The molecule has 2 saturated heterocycles. The molecule has 1 unspecified atom stereocenters. The van der Waals surface area contributed by atoms with Crippen molar-refractivity contribution in [2.45, 2.75) is 23.8 Å². The fourth-order valence-electron chi connectivity index (χ4n) is 3.06. The highest BCUT2D eigenvalue weighted by Gasteiger charge is 2.40. The van der Waals surface area contributed by atoms with Crippen molar-refractivity contribution < 1.29 is 22.8 Å². The van der Waals surface area contributed by atoms with Gasteiger partial charge in [0.05, 0.1) is 16.7 Å². The van der Waals surface area contributed by atoms with Crippen molar-refractivity contribution in [1.29, 1.82) is 0 Å². The molecule has 0 aliphatic carbocycles. The standard InChI is InChI=1S/C16H18ClN3O5S2/c17-11-2-1-3-13(8-11)27(24,25)18-6-4-14(21)19-7-5-12(9-19)20-15(22)10-26-16(20)23/h1-3,8,12,18H,4-7,9-10H2. The quantitative estimate of drug-likeness (QED) is 0.728. The molecule has 2 fully saturated rings. The number of sulfonamides is 1. The van der Waals surface area contributed by atoms with E-state index in [1.54, 1.807) is 11.0 Å². The van der Waals surface area contributed by atoms with E-state index in [2.05, 4.69) is 4.72 Å². The van der Waals surface area contributed by atoms with Crippen LogP contribution in [0.4, 0.5) is 4.79 Å². The third-order valence-corrected chi connectivity index (χ3v) is 6.93. The zero-order valence-corrected chi connectivity index (χ0v) is 16.6. The molecule has 1 atom stereocenters. The molecule has 0 bridgehead atoms. The number of halogens is 1. The average molecular weight is 432 g/mol. The number of likely N-dealkylation sites (tertiary alicyclic amines) is 1. The molecule has 1 aromatic carbocycles. The number of benzene rings is 1. The second-order valence-corrected chi connectivity index (χ2v) is 9.34. The zero-order valence-electron chi connectivity index (χ0n) is 14.3. The van der Waals surface area contributed by atoms with Crippen molar-refractivity contribution in [3.05, 3.63) is 29.3 Å². The number of carbonyl (C=O) groups is 3. The first kappa shape index (κ1) is 20.1. The lowest BCUT2D eigenvalue weighted by Crippen LogP contribution is -2.42. The highest BCUT2D eigenvalue weighted by molar-refractivity contribution is 8.14. The first-order valence-electron chi connectivity index (χ1n) is 8.30. The molecule has 27 heavy (non-hydrogen) atoms. The highest BCUT2D eigenvalue weighted by atomic mass is 35.5. The number of thioether (sulfide) groups is 1. The van der Waals surface area contributed by atoms with Gasteiger partial charge >= 0.3 is 0 Å². The molecule has 1 N–H and O–H groups in total. The second kappa shape index (κ2) is 8.17. The van der Waals surface area contributed by atoms with Gasteiger partial charge in [-0.05, 0) is 24.6 Å². The monoisotopic (exact) mass is 431 g/mol. The molecule has 2 aliphatic rings. The van der Waals surface area contributed by atoms with Crippen LogP contribution in [0.2, 0.25) is 5.02 Å². The molecule has 0 spiro atoms. The van der Waals surface area contributed by atoms with Crippen LogP contribution in [0.1, 0.15) is 12.8 Å². The summed E-state index contributed by atoms with van der Waals surface area (Å²) in [5.74, 6) is -0.300. The second-order valence-electron chi connectivity index (χ2n) is 6.21. The van der Waals surface area contributed by atoms with Crippen LogP contribution in [-0.2, 0) is 19.6 Å². The van der Waals surface area contributed by atoms with Gasteiger partial charge in [0.1, 0.15) is 0 Å². The van der Waals surface area contributed by atoms with Crippen LogP contribution in [0.15, 0.2) is 29.2 Å². The summed E-state index contributed by atoms with van der Waals surface area (Å²) in [6.07, 6.45) is 0.529. The van der Waals surface area contributed by atoms with E-state index in [9.17, 15) is 22.8 Å². The van der Waals surface area contributed by atoms with E-state index in [-0.39, 0.29) is 53.3 Å². The van der Waals surface area contributed by atoms with Gasteiger partial charge in [-0.15, -0.1) is 0 Å². The van der Waals surface area contributed by atoms with Crippen molar-refractivity contribution >= 4 is 50.4 Å². The van der Waals surface area contributed by atoms with Crippen molar-refractivity contribution in [2.75, 3.05) is 25.4 Å². The van der Waals surface area contributed by atoms with E-state index in [1.807, 2.05) is 0 Å². The molecule has 3 rings (SSSR count). The lowest BCUT2D eigenvalue weighted by Gasteiger charge is -2.22. The van der Waals surface area contributed by atoms with Gasteiger partial charge in [0, 0.05) is 31.1 Å². The van der Waals surface area contributed by atoms with E-state index in [1.165, 1.54) is 23.1 Å². The van der Waals surface area contributed by atoms with Crippen LogP contribution in [0.3, 0.4) is 0 Å². The minimum Gasteiger partial charge on any atom is -0.340 e. The molecular weight excluding hydrogens is 414 g/mol. The third kappa shape index (κ3) is 4.63. The molecule has 0 radical (unpaired) electrons. The van der Waals surface area contributed by atoms with Gasteiger partial charge in [0.15, 0.2) is 0 Å². The number of imide groups is 1. The van der Waals surface area contributed by atoms with Crippen molar-refractivity contribution in [1.82, 2.24) is 14.5 Å². The van der Waals surface area contributed by atoms with Crippen LogP contribution in [0, 0.1) is 0 Å². The van der Waals surface area contributed by atoms with Gasteiger partial charge in [-0.2, -0.15) is 0 Å². The van der Waals surface area contributed by atoms with Gasteiger partial charge in [-0.25, -0.2) is 13.1 Å². The fraction of sp³-hybridized carbons (Fsp3) is 0.438. The topological polar surface area (TPSA) is 104 Å². The van der Waals surface area contributed by atoms with Gasteiger partial charge in [-0.1, -0.05) is 29.4 Å². The summed E-state index contributed by atoms with van der Waals surface area (Å²) in [5.41, 5.74) is 0. The molecule has 2 heterocycles. The van der Waals surface area contributed by atoms with E-state index < -0.39 is 10.0 Å². The maximum Gasteiger partial charge on any atom is 0.289 e. The van der Waals surface area contributed by atoms with Crippen LogP contribution >= 0.6 is 23.4 Å². The van der Waals surface area contributed by atoms with Gasteiger partial charge in [0.25, 0.3) is 5.24 Å². The molecule has 11 heteroatoms. The van der Waals surface area contributed by atoms with Crippen LogP contribution < -0.4 is 4.72 Å². The maximum atomic E-state index is 12.3.